The van der Waals surface area contributed by atoms with E-state index in [1.165, 1.54) is 22.0 Å². The average Bonchev–Trinajstić information content (AvgIpc) is 2.53. The fourth-order valence-electron chi connectivity index (χ4n) is 2.03. The van der Waals surface area contributed by atoms with E-state index in [2.05, 4.69) is 58.0 Å². The first kappa shape index (κ1) is 11.6. The van der Waals surface area contributed by atoms with Gasteiger partial charge >= 0.3 is 0 Å². The molecule has 0 aromatic heterocycles. The summed E-state index contributed by atoms with van der Waals surface area (Å²) in [6.45, 7) is 8.80. The normalized spacial score (nSPS) is 22.5. The standard InChI is InChI=1S/C15H19P/c1-10(2)5-7-14-12(4)13-9-11(3)6-8-15(13)16-14/h5-9,12,16H,1-4H3/b14-7+. The summed E-state index contributed by atoms with van der Waals surface area (Å²) in [5, 5.41) is 3.10. The van der Waals surface area contributed by atoms with Gasteiger partial charge in [-0.2, -0.15) is 0 Å². The van der Waals surface area contributed by atoms with Gasteiger partial charge in [-0.15, -0.1) is 0 Å². The van der Waals surface area contributed by atoms with Gasteiger partial charge < -0.3 is 0 Å². The Balaban J connectivity index is 2.34. The van der Waals surface area contributed by atoms with Crippen LogP contribution in [0, 0.1) is 6.92 Å². The molecule has 0 saturated heterocycles. The highest BCUT2D eigenvalue weighted by atomic mass is 31.1. The summed E-state index contributed by atoms with van der Waals surface area (Å²) < 4.78 is 0. The largest absolute Gasteiger partial charge is 0.0764 e. The van der Waals surface area contributed by atoms with Crippen molar-refractivity contribution in [1.29, 1.82) is 0 Å². The molecule has 0 amide bonds. The molecule has 0 radical (unpaired) electrons. The van der Waals surface area contributed by atoms with Gasteiger partial charge in [-0.1, -0.05) is 57.0 Å². The molecule has 1 heteroatoms. The summed E-state index contributed by atoms with van der Waals surface area (Å²) in [5.41, 5.74) is 4.28. The third-order valence-electron chi connectivity index (χ3n) is 3.02. The molecule has 0 nitrogen and oxygen atoms in total. The molecule has 0 saturated carbocycles. The Hall–Kier alpha value is -0.870. The van der Waals surface area contributed by atoms with Gasteiger partial charge in [0.25, 0.3) is 0 Å². The van der Waals surface area contributed by atoms with Gasteiger partial charge in [0.2, 0.25) is 0 Å². The van der Waals surface area contributed by atoms with Gasteiger partial charge in [-0.25, -0.2) is 0 Å². The first-order chi connectivity index (χ1) is 7.58. The van der Waals surface area contributed by atoms with Crippen LogP contribution in [0.3, 0.4) is 0 Å². The van der Waals surface area contributed by atoms with E-state index in [0.29, 0.717) is 5.92 Å². The number of hydrogen-bond donors (Lipinski definition) is 0. The quantitative estimate of drug-likeness (QED) is 0.632. The van der Waals surface area contributed by atoms with Crippen LogP contribution in [0.2, 0.25) is 0 Å². The first-order valence-corrected chi connectivity index (χ1v) is 6.80. The van der Waals surface area contributed by atoms with Crippen molar-refractivity contribution in [3.8, 4) is 0 Å². The highest BCUT2D eigenvalue weighted by molar-refractivity contribution is 7.52. The lowest BCUT2D eigenvalue weighted by Gasteiger charge is -2.06. The molecule has 2 unspecified atom stereocenters. The van der Waals surface area contributed by atoms with Crippen molar-refractivity contribution in [3.05, 3.63) is 52.4 Å². The number of rotatable bonds is 1. The Morgan fingerprint density at radius 2 is 2.06 bits per heavy atom. The van der Waals surface area contributed by atoms with E-state index < -0.39 is 0 Å². The van der Waals surface area contributed by atoms with Gasteiger partial charge in [0.1, 0.15) is 0 Å². The van der Waals surface area contributed by atoms with Crippen molar-refractivity contribution in [1.82, 2.24) is 0 Å². The lowest BCUT2D eigenvalue weighted by Crippen LogP contribution is -1.98. The summed E-state index contributed by atoms with van der Waals surface area (Å²) >= 11 is 0. The molecule has 2 rings (SSSR count). The van der Waals surface area contributed by atoms with Crippen LogP contribution in [0.4, 0.5) is 0 Å². The Morgan fingerprint density at radius 3 is 2.75 bits per heavy atom. The van der Waals surface area contributed by atoms with E-state index in [1.54, 1.807) is 5.31 Å². The molecule has 1 aliphatic heterocycles. The fraction of sp³-hybridized carbons (Fsp3) is 0.333. The van der Waals surface area contributed by atoms with Crippen molar-refractivity contribution in [3.63, 3.8) is 0 Å². The maximum absolute atomic E-state index is 2.34. The van der Waals surface area contributed by atoms with Crippen LogP contribution in [-0.4, -0.2) is 0 Å². The van der Waals surface area contributed by atoms with E-state index in [9.17, 15) is 0 Å². The molecule has 2 atom stereocenters. The minimum Gasteiger partial charge on any atom is -0.0764 e. The Kier molecular flexibility index (Phi) is 3.30. The minimum atomic E-state index is 0.601. The molecular weight excluding hydrogens is 211 g/mol. The first-order valence-electron chi connectivity index (χ1n) is 5.80. The van der Waals surface area contributed by atoms with E-state index >= 15 is 0 Å². The molecule has 84 valence electrons. The monoisotopic (exact) mass is 230 g/mol. The van der Waals surface area contributed by atoms with E-state index in [0.717, 1.165) is 8.58 Å². The maximum Gasteiger partial charge on any atom is 0.00725 e. The van der Waals surface area contributed by atoms with Crippen LogP contribution >= 0.6 is 8.58 Å². The van der Waals surface area contributed by atoms with Crippen LogP contribution in [-0.2, 0) is 0 Å². The summed E-state index contributed by atoms with van der Waals surface area (Å²) in [7, 11) is 0.864. The average molecular weight is 230 g/mol. The maximum atomic E-state index is 2.34. The van der Waals surface area contributed by atoms with E-state index in [4.69, 9.17) is 0 Å². The van der Waals surface area contributed by atoms with Crippen LogP contribution in [0.25, 0.3) is 0 Å². The molecule has 1 aromatic carbocycles. The molecular formula is C15H19P. The summed E-state index contributed by atoms with van der Waals surface area (Å²) in [6.07, 6.45) is 4.55. The lowest BCUT2D eigenvalue weighted by atomic mass is 9.99. The SMILES string of the molecule is CC(C)=C/C=C1/Pc2ccc(C)cc2C1C. The second-order valence-electron chi connectivity index (χ2n) is 4.80. The summed E-state index contributed by atoms with van der Waals surface area (Å²) in [4.78, 5) is 0. The van der Waals surface area contributed by atoms with Crippen molar-refractivity contribution >= 4 is 13.9 Å². The van der Waals surface area contributed by atoms with Crippen LogP contribution in [0.15, 0.2) is 41.2 Å². The van der Waals surface area contributed by atoms with E-state index in [-0.39, 0.29) is 0 Å². The summed E-state index contributed by atoms with van der Waals surface area (Å²) in [6, 6.07) is 6.86. The molecule has 0 aliphatic carbocycles. The number of hydrogen-bond acceptors (Lipinski definition) is 0. The van der Waals surface area contributed by atoms with Crippen LogP contribution < -0.4 is 5.30 Å². The van der Waals surface area contributed by atoms with Gasteiger partial charge in [-0.3, -0.25) is 0 Å². The van der Waals surface area contributed by atoms with Gasteiger partial charge in [0.05, 0.1) is 0 Å². The topological polar surface area (TPSA) is 0 Å². The fourth-order valence-corrected chi connectivity index (χ4v) is 3.48. The second-order valence-corrected chi connectivity index (χ2v) is 6.17. The van der Waals surface area contributed by atoms with Crippen LogP contribution in [0.5, 0.6) is 0 Å². The molecule has 1 heterocycles. The zero-order chi connectivity index (χ0) is 11.7. The van der Waals surface area contributed by atoms with Crippen LogP contribution in [0.1, 0.15) is 37.8 Å². The summed E-state index contributed by atoms with van der Waals surface area (Å²) in [5.74, 6) is 0.601. The highest BCUT2D eigenvalue weighted by Crippen LogP contribution is 2.44. The number of aryl methyl sites for hydroxylation is 1. The number of fused-ring (bicyclic) bond motifs is 1. The van der Waals surface area contributed by atoms with E-state index in [1.807, 2.05) is 0 Å². The Bertz CT molecular complexity index is 462. The molecule has 16 heavy (non-hydrogen) atoms. The molecule has 0 spiro atoms. The zero-order valence-electron chi connectivity index (χ0n) is 10.5. The Morgan fingerprint density at radius 1 is 1.31 bits per heavy atom. The van der Waals surface area contributed by atoms with Crippen molar-refractivity contribution in [2.45, 2.75) is 33.6 Å². The lowest BCUT2D eigenvalue weighted by molar-refractivity contribution is 0.968. The molecule has 1 aromatic rings. The predicted molar refractivity (Wildman–Crippen MR) is 75.1 cm³/mol. The predicted octanol–water partition coefficient (Wildman–Crippen LogP) is 4.27. The number of benzene rings is 1. The van der Waals surface area contributed by atoms with Crippen molar-refractivity contribution in [2.75, 3.05) is 0 Å². The third-order valence-corrected chi connectivity index (χ3v) is 4.63. The Labute approximate surface area is 100 Å². The third kappa shape index (κ3) is 2.28. The smallest absolute Gasteiger partial charge is 0.00725 e. The second kappa shape index (κ2) is 4.55. The van der Waals surface area contributed by atoms with Crippen molar-refractivity contribution < 1.29 is 0 Å². The highest BCUT2D eigenvalue weighted by Gasteiger charge is 2.22. The molecule has 0 N–H and O–H groups in total. The van der Waals surface area contributed by atoms with Gasteiger partial charge in [-0.05, 0) is 37.0 Å². The van der Waals surface area contributed by atoms with Gasteiger partial charge in [0.15, 0.2) is 0 Å². The molecule has 0 fully saturated rings. The molecule has 1 aliphatic rings. The zero-order valence-corrected chi connectivity index (χ0v) is 11.5. The minimum absolute atomic E-state index is 0.601. The van der Waals surface area contributed by atoms with Gasteiger partial charge in [0, 0.05) is 5.92 Å². The van der Waals surface area contributed by atoms with Crippen molar-refractivity contribution in [2.24, 2.45) is 0 Å². The number of allylic oxidation sites excluding steroid dienone is 4. The molecule has 0 bridgehead atoms.